The summed E-state index contributed by atoms with van der Waals surface area (Å²) in [6, 6.07) is 1.44. The highest BCUT2D eigenvalue weighted by Gasteiger charge is 2.23. The molecule has 0 spiro atoms. The molecule has 23 heavy (non-hydrogen) atoms. The summed E-state index contributed by atoms with van der Waals surface area (Å²) in [5, 5.41) is -0.0149. The molecule has 122 valence electrons. The first kappa shape index (κ1) is 16.9. The number of ether oxygens (including phenoxy) is 1. The minimum atomic E-state index is -1.44. The zero-order valence-corrected chi connectivity index (χ0v) is 13.1. The number of hydrogen-bond acceptors (Lipinski definition) is 6. The third kappa shape index (κ3) is 3.34. The van der Waals surface area contributed by atoms with Crippen LogP contribution in [-0.4, -0.2) is 32.8 Å². The van der Waals surface area contributed by atoms with Gasteiger partial charge >= 0.3 is 0 Å². The van der Waals surface area contributed by atoms with E-state index in [2.05, 4.69) is 9.97 Å². The molecule has 1 unspecified atom stereocenters. The van der Waals surface area contributed by atoms with E-state index in [1.165, 1.54) is 0 Å². The Kier molecular flexibility index (Phi) is 4.99. The first-order chi connectivity index (χ1) is 10.9. The number of anilines is 1. The van der Waals surface area contributed by atoms with Crippen molar-refractivity contribution in [3.8, 4) is 5.75 Å². The van der Waals surface area contributed by atoms with Crippen molar-refractivity contribution >= 4 is 22.4 Å². The van der Waals surface area contributed by atoms with E-state index in [4.69, 9.17) is 10.5 Å². The molecule has 6 nitrogen and oxygen atoms in total. The average molecular weight is 341 g/mol. The third-order valence-corrected chi connectivity index (χ3v) is 4.09. The highest BCUT2D eigenvalue weighted by Crippen LogP contribution is 2.27. The molecule has 2 rings (SSSR count). The van der Waals surface area contributed by atoms with Crippen LogP contribution in [0, 0.1) is 11.6 Å². The van der Waals surface area contributed by atoms with Crippen molar-refractivity contribution in [2.45, 2.75) is 12.1 Å². The normalized spacial score (nSPS) is 12.0. The lowest BCUT2D eigenvalue weighted by molar-refractivity contribution is 0.103. The Morgan fingerprint density at radius 1 is 1.35 bits per heavy atom. The van der Waals surface area contributed by atoms with Crippen molar-refractivity contribution in [1.29, 1.82) is 0 Å². The van der Waals surface area contributed by atoms with E-state index < -0.39 is 34.0 Å². The number of methoxy groups -OCH3 is 1. The number of nitrogen functional groups attached to an aromatic ring is 1. The van der Waals surface area contributed by atoms with Crippen LogP contribution in [0.3, 0.4) is 0 Å². The van der Waals surface area contributed by atoms with E-state index in [1.807, 2.05) is 0 Å². The van der Waals surface area contributed by atoms with Gasteiger partial charge in [-0.05, 0) is 6.07 Å². The summed E-state index contributed by atoms with van der Waals surface area (Å²) in [6.07, 6.45) is 1.08. The van der Waals surface area contributed by atoms with Crippen molar-refractivity contribution < 1.29 is 22.5 Å². The van der Waals surface area contributed by atoms with Gasteiger partial charge < -0.3 is 10.5 Å². The zero-order chi connectivity index (χ0) is 17.1. The standard InChI is InChI=1S/C14H13F2N3O3S/c1-3-23(21)14-18-6-9(13(17)19-14)11(20)8-4-7(15)5-10(16)12(8)22-2/h4-6H,3H2,1-2H3,(H2,17,18,19). The van der Waals surface area contributed by atoms with Crippen LogP contribution in [0.2, 0.25) is 0 Å². The number of nitrogens with two attached hydrogens (primary N) is 1. The van der Waals surface area contributed by atoms with Crippen molar-refractivity contribution in [3.05, 3.63) is 41.1 Å². The molecule has 0 aliphatic heterocycles. The predicted octanol–water partition coefficient (Wildman–Crippen LogP) is 1.70. The summed E-state index contributed by atoms with van der Waals surface area (Å²) in [5.74, 6) is -3.10. The van der Waals surface area contributed by atoms with Gasteiger partial charge in [0.1, 0.15) is 11.6 Å². The fraction of sp³-hybridized carbons (Fsp3) is 0.214. The summed E-state index contributed by atoms with van der Waals surface area (Å²) < 4.78 is 43.5. The molecule has 0 bridgehead atoms. The lowest BCUT2D eigenvalue weighted by Crippen LogP contribution is -2.13. The molecule has 0 saturated carbocycles. The number of benzene rings is 1. The van der Waals surface area contributed by atoms with Gasteiger partial charge in [-0.2, -0.15) is 0 Å². The van der Waals surface area contributed by atoms with Crippen LogP contribution < -0.4 is 10.5 Å². The summed E-state index contributed by atoms with van der Waals surface area (Å²) in [5.41, 5.74) is 5.18. The molecule has 0 amide bonds. The summed E-state index contributed by atoms with van der Waals surface area (Å²) in [6.45, 7) is 1.68. The molecule has 2 aromatic rings. The van der Waals surface area contributed by atoms with E-state index in [0.717, 1.165) is 19.4 Å². The zero-order valence-electron chi connectivity index (χ0n) is 12.3. The number of nitrogens with zero attached hydrogens (tertiary/aromatic N) is 2. The second kappa shape index (κ2) is 6.78. The maximum atomic E-state index is 13.7. The summed E-state index contributed by atoms with van der Waals surface area (Å²) in [7, 11) is -0.285. The van der Waals surface area contributed by atoms with Crippen molar-refractivity contribution in [2.75, 3.05) is 18.6 Å². The van der Waals surface area contributed by atoms with E-state index in [-0.39, 0.29) is 27.9 Å². The Morgan fingerprint density at radius 3 is 2.61 bits per heavy atom. The fourth-order valence-electron chi connectivity index (χ4n) is 1.87. The van der Waals surface area contributed by atoms with Crippen LogP contribution in [0.5, 0.6) is 5.75 Å². The number of halogens is 2. The number of carbonyl (C=O) groups is 1. The number of hydrogen-bond donors (Lipinski definition) is 1. The molecule has 0 aliphatic carbocycles. The van der Waals surface area contributed by atoms with E-state index >= 15 is 0 Å². The second-order valence-electron chi connectivity index (χ2n) is 4.38. The predicted molar refractivity (Wildman–Crippen MR) is 79.7 cm³/mol. The first-order valence-corrected chi connectivity index (χ1v) is 7.79. The molecule has 1 aromatic carbocycles. The van der Waals surface area contributed by atoms with Gasteiger partial charge in [0.25, 0.3) is 0 Å². The molecule has 0 fully saturated rings. The lowest BCUT2D eigenvalue weighted by Gasteiger charge is -2.10. The average Bonchev–Trinajstić information content (AvgIpc) is 2.52. The molecule has 1 atom stereocenters. The fourth-order valence-corrected chi connectivity index (χ4v) is 2.50. The molecule has 0 saturated heterocycles. The number of rotatable bonds is 5. The molecule has 9 heteroatoms. The van der Waals surface area contributed by atoms with Crippen LogP contribution in [0.1, 0.15) is 22.8 Å². The monoisotopic (exact) mass is 341 g/mol. The number of aromatic nitrogens is 2. The largest absolute Gasteiger partial charge is 0.493 e. The van der Waals surface area contributed by atoms with Crippen LogP contribution in [0.4, 0.5) is 14.6 Å². The Morgan fingerprint density at radius 2 is 2.04 bits per heavy atom. The van der Waals surface area contributed by atoms with Crippen molar-refractivity contribution in [3.63, 3.8) is 0 Å². The molecular formula is C14H13F2N3O3S. The smallest absolute Gasteiger partial charge is 0.220 e. The lowest BCUT2D eigenvalue weighted by atomic mass is 10.0. The Labute approximate surface area is 133 Å². The Hall–Kier alpha value is -2.42. The van der Waals surface area contributed by atoms with Gasteiger partial charge in [-0.15, -0.1) is 0 Å². The SMILES string of the molecule is CCS(=O)c1ncc(C(=O)c2cc(F)cc(F)c2OC)c(N)n1. The second-order valence-corrected chi connectivity index (χ2v) is 6.02. The highest BCUT2D eigenvalue weighted by molar-refractivity contribution is 7.84. The van der Waals surface area contributed by atoms with Gasteiger partial charge in [-0.3, -0.25) is 9.00 Å². The van der Waals surface area contributed by atoms with Gasteiger partial charge in [0, 0.05) is 18.0 Å². The van der Waals surface area contributed by atoms with Crippen LogP contribution in [0.25, 0.3) is 0 Å². The molecule has 1 aromatic heterocycles. The number of carbonyl (C=O) groups excluding carboxylic acids is 1. The first-order valence-electron chi connectivity index (χ1n) is 6.47. The number of ketones is 1. The van der Waals surface area contributed by atoms with Gasteiger partial charge in [0.05, 0.1) is 29.0 Å². The summed E-state index contributed by atoms with van der Waals surface area (Å²) >= 11 is 0. The van der Waals surface area contributed by atoms with E-state index in [9.17, 15) is 17.8 Å². The van der Waals surface area contributed by atoms with Crippen LogP contribution >= 0.6 is 0 Å². The minimum absolute atomic E-state index is 0.0149. The maximum absolute atomic E-state index is 13.7. The van der Waals surface area contributed by atoms with E-state index in [0.29, 0.717) is 6.07 Å². The quantitative estimate of drug-likeness (QED) is 0.657. The van der Waals surface area contributed by atoms with E-state index in [1.54, 1.807) is 6.92 Å². The van der Waals surface area contributed by atoms with Crippen molar-refractivity contribution in [2.24, 2.45) is 0 Å². The third-order valence-electron chi connectivity index (χ3n) is 2.96. The topological polar surface area (TPSA) is 95.2 Å². The Balaban J connectivity index is 2.52. The van der Waals surface area contributed by atoms with Gasteiger partial charge in [0.15, 0.2) is 11.6 Å². The molecular weight excluding hydrogens is 328 g/mol. The molecule has 0 aliphatic rings. The minimum Gasteiger partial charge on any atom is -0.493 e. The maximum Gasteiger partial charge on any atom is 0.220 e. The molecule has 2 N–H and O–H groups in total. The van der Waals surface area contributed by atoms with Gasteiger partial charge in [-0.25, -0.2) is 18.7 Å². The summed E-state index contributed by atoms with van der Waals surface area (Å²) in [4.78, 5) is 20.1. The van der Waals surface area contributed by atoms with Crippen molar-refractivity contribution in [1.82, 2.24) is 9.97 Å². The van der Waals surface area contributed by atoms with Gasteiger partial charge in [0.2, 0.25) is 10.9 Å². The van der Waals surface area contributed by atoms with Gasteiger partial charge in [-0.1, -0.05) is 6.92 Å². The Bertz CT molecular complexity index is 799. The van der Waals surface area contributed by atoms with Crippen LogP contribution in [0.15, 0.2) is 23.5 Å². The molecule has 0 radical (unpaired) electrons. The highest BCUT2D eigenvalue weighted by atomic mass is 32.2. The molecule has 1 heterocycles. The van der Waals surface area contributed by atoms with Crippen LogP contribution in [-0.2, 0) is 10.8 Å².